The van der Waals surface area contributed by atoms with Crippen molar-refractivity contribution in [3.05, 3.63) is 77.1 Å². The molecule has 0 spiro atoms. The maximum absolute atomic E-state index is 13.5. The Hall–Kier alpha value is -3.13. The van der Waals surface area contributed by atoms with Crippen LogP contribution in [0.5, 0.6) is 0 Å². The highest BCUT2D eigenvalue weighted by molar-refractivity contribution is 7.03. The van der Waals surface area contributed by atoms with E-state index in [9.17, 15) is 9.59 Å². The van der Waals surface area contributed by atoms with Crippen molar-refractivity contribution in [2.75, 3.05) is 6.54 Å². The number of nitrogens with one attached hydrogen (secondary N) is 1. The molecular formula is C24H27N5O2S. The van der Waals surface area contributed by atoms with Crippen LogP contribution in [0.4, 0.5) is 0 Å². The van der Waals surface area contributed by atoms with Crippen LogP contribution < -0.4 is 5.32 Å². The number of amides is 2. The maximum atomic E-state index is 13.5. The molecule has 1 fully saturated rings. The molecule has 166 valence electrons. The Labute approximate surface area is 192 Å². The van der Waals surface area contributed by atoms with Crippen LogP contribution in [0, 0.1) is 0 Å². The fourth-order valence-corrected chi connectivity index (χ4v) is 4.72. The molecule has 3 aromatic rings. The van der Waals surface area contributed by atoms with Gasteiger partial charge in [0.15, 0.2) is 5.69 Å². The van der Waals surface area contributed by atoms with Crippen molar-refractivity contribution in [2.24, 2.45) is 0 Å². The fourth-order valence-electron chi connectivity index (χ4n) is 4.29. The summed E-state index contributed by atoms with van der Waals surface area (Å²) in [7, 11) is 0. The Kier molecular flexibility index (Phi) is 7.55. The number of hydrogen-bond acceptors (Lipinski definition) is 6. The zero-order valence-corrected chi connectivity index (χ0v) is 18.7. The van der Waals surface area contributed by atoms with Crippen molar-refractivity contribution in [3.63, 3.8) is 0 Å². The Morgan fingerprint density at radius 2 is 1.91 bits per heavy atom. The number of benzene rings is 1. The first kappa shape index (κ1) is 22.1. The molecule has 0 radical (unpaired) electrons. The molecule has 1 aliphatic carbocycles. The van der Waals surface area contributed by atoms with Crippen molar-refractivity contribution in [1.82, 2.24) is 24.8 Å². The second-order valence-corrected chi connectivity index (χ2v) is 8.62. The van der Waals surface area contributed by atoms with Crippen LogP contribution >= 0.6 is 11.5 Å². The van der Waals surface area contributed by atoms with E-state index >= 15 is 0 Å². The summed E-state index contributed by atoms with van der Waals surface area (Å²) in [5.74, 6) is -0.450. The minimum Gasteiger partial charge on any atom is -0.354 e. The molecule has 0 bridgehead atoms. The SMILES string of the molecule is O=C(NCCc1ccccc1)[C@@H](c1cccnc1)N(C(=O)c1csnn1)C1CCCCC1. The predicted molar refractivity (Wildman–Crippen MR) is 123 cm³/mol. The van der Waals surface area contributed by atoms with Crippen molar-refractivity contribution >= 4 is 23.3 Å². The molecule has 0 aliphatic heterocycles. The fraction of sp³-hybridized carbons (Fsp3) is 0.375. The van der Waals surface area contributed by atoms with E-state index in [-0.39, 0.29) is 23.6 Å². The molecule has 4 rings (SSSR count). The van der Waals surface area contributed by atoms with Gasteiger partial charge in [-0.1, -0.05) is 60.1 Å². The smallest absolute Gasteiger partial charge is 0.276 e. The van der Waals surface area contributed by atoms with Crippen molar-refractivity contribution < 1.29 is 9.59 Å². The van der Waals surface area contributed by atoms with Gasteiger partial charge in [0, 0.05) is 35.9 Å². The number of carbonyl (C=O) groups excluding carboxylic acids is 2. The third-order valence-electron chi connectivity index (χ3n) is 5.86. The highest BCUT2D eigenvalue weighted by Crippen LogP contribution is 2.32. The predicted octanol–water partition coefficient (Wildman–Crippen LogP) is 3.81. The summed E-state index contributed by atoms with van der Waals surface area (Å²) < 4.78 is 3.86. The highest BCUT2D eigenvalue weighted by atomic mass is 32.1. The van der Waals surface area contributed by atoms with Crippen LogP contribution in [0.1, 0.15) is 59.8 Å². The highest BCUT2D eigenvalue weighted by Gasteiger charge is 2.38. The topological polar surface area (TPSA) is 88.1 Å². The lowest BCUT2D eigenvalue weighted by molar-refractivity contribution is -0.126. The van der Waals surface area contributed by atoms with E-state index in [2.05, 4.69) is 19.9 Å². The normalized spacial score (nSPS) is 15.1. The average molecular weight is 450 g/mol. The van der Waals surface area contributed by atoms with Gasteiger partial charge in [-0.15, -0.1) is 5.10 Å². The number of nitrogens with zero attached hydrogens (tertiary/aromatic N) is 4. The lowest BCUT2D eigenvalue weighted by Crippen LogP contribution is -2.49. The van der Waals surface area contributed by atoms with E-state index in [0.29, 0.717) is 12.1 Å². The van der Waals surface area contributed by atoms with E-state index in [0.717, 1.165) is 55.6 Å². The molecule has 1 N–H and O–H groups in total. The van der Waals surface area contributed by atoms with Gasteiger partial charge in [-0.05, 0) is 42.4 Å². The molecule has 2 heterocycles. The molecule has 0 saturated heterocycles. The van der Waals surface area contributed by atoms with Crippen molar-refractivity contribution in [3.8, 4) is 0 Å². The molecule has 0 unspecified atom stereocenters. The summed E-state index contributed by atoms with van der Waals surface area (Å²) >= 11 is 1.14. The molecule has 2 amide bonds. The monoisotopic (exact) mass is 449 g/mol. The van der Waals surface area contributed by atoms with Crippen LogP contribution in [-0.4, -0.2) is 43.9 Å². The summed E-state index contributed by atoms with van der Waals surface area (Å²) in [5.41, 5.74) is 2.14. The maximum Gasteiger partial charge on any atom is 0.276 e. The van der Waals surface area contributed by atoms with Crippen LogP contribution in [0.15, 0.2) is 60.2 Å². The first-order valence-corrected chi connectivity index (χ1v) is 11.9. The molecule has 1 atom stereocenters. The van der Waals surface area contributed by atoms with E-state index in [1.165, 1.54) is 0 Å². The van der Waals surface area contributed by atoms with Crippen LogP contribution in [0.25, 0.3) is 0 Å². The Morgan fingerprint density at radius 1 is 1.09 bits per heavy atom. The van der Waals surface area contributed by atoms with Crippen LogP contribution in [0.2, 0.25) is 0 Å². The van der Waals surface area contributed by atoms with Gasteiger partial charge in [0.25, 0.3) is 5.91 Å². The number of carbonyl (C=O) groups is 2. The molecule has 1 saturated carbocycles. The lowest BCUT2D eigenvalue weighted by atomic mass is 9.91. The van der Waals surface area contributed by atoms with Gasteiger partial charge in [-0.2, -0.15) is 0 Å². The van der Waals surface area contributed by atoms with E-state index < -0.39 is 6.04 Å². The van der Waals surface area contributed by atoms with Gasteiger partial charge in [0.2, 0.25) is 5.91 Å². The second-order valence-electron chi connectivity index (χ2n) is 8.01. The number of rotatable bonds is 8. The third kappa shape index (κ3) is 5.37. The second kappa shape index (κ2) is 10.9. The van der Waals surface area contributed by atoms with Crippen LogP contribution in [0.3, 0.4) is 0 Å². The van der Waals surface area contributed by atoms with Crippen LogP contribution in [-0.2, 0) is 11.2 Å². The number of aromatic nitrogens is 3. The summed E-state index contributed by atoms with van der Waals surface area (Å²) in [5, 5.41) is 8.70. The molecule has 7 nitrogen and oxygen atoms in total. The molecular weight excluding hydrogens is 422 g/mol. The number of hydrogen-bond donors (Lipinski definition) is 1. The Balaban J connectivity index is 1.61. The van der Waals surface area contributed by atoms with Gasteiger partial charge in [-0.3, -0.25) is 14.6 Å². The van der Waals surface area contributed by atoms with E-state index in [1.807, 2.05) is 36.4 Å². The molecule has 2 aromatic heterocycles. The summed E-state index contributed by atoms with van der Waals surface area (Å²) in [6.07, 6.45) is 9.04. The standard InChI is InChI=1S/C24H27N5O2S/c30-23(26-15-13-18-8-3-1-4-9-18)22(19-10-7-14-25-16-19)29(20-11-5-2-6-12-20)24(31)21-17-32-28-27-21/h1,3-4,7-10,14,16-17,20,22H,2,5-6,11-13,15H2,(H,26,30)/t22-/m1/s1. The summed E-state index contributed by atoms with van der Waals surface area (Å²) in [6.45, 7) is 0.491. The molecule has 8 heteroatoms. The van der Waals surface area contributed by atoms with E-state index in [1.54, 1.807) is 28.7 Å². The minimum absolute atomic E-state index is 0.0250. The van der Waals surface area contributed by atoms with Crippen molar-refractivity contribution in [1.29, 1.82) is 0 Å². The van der Waals surface area contributed by atoms with Gasteiger partial charge in [0.05, 0.1) is 0 Å². The first-order valence-electron chi connectivity index (χ1n) is 11.1. The third-order valence-corrected chi connectivity index (χ3v) is 6.37. The zero-order valence-electron chi connectivity index (χ0n) is 17.9. The molecule has 1 aliphatic rings. The van der Waals surface area contributed by atoms with Gasteiger partial charge in [-0.25, -0.2) is 0 Å². The average Bonchev–Trinajstić information content (AvgIpc) is 3.39. The Bertz CT molecular complexity index is 992. The number of pyridine rings is 1. The zero-order chi connectivity index (χ0) is 22.2. The molecule has 32 heavy (non-hydrogen) atoms. The lowest BCUT2D eigenvalue weighted by Gasteiger charge is -2.39. The first-order chi connectivity index (χ1) is 15.7. The van der Waals surface area contributed by atoms with Gasteiger partial charge >= 0.3 is 0 Å². The Morgan fingerprint density at radius 3 is 2.59 bits per heavy atom. The van der Waals surface area contributed by atoms with Gasteiger partial charge in [0.1, 0.15) is 6.04 Å². The summed E-state index contributed by atoms with van der Waals surface area (Å²) in [4.78, 5) is 33.0. The minimum atomic E-state index is -0.767. The van der Waals surface area contributed by atoms with Gasteiger partial charge < -0.3 is 10.2 Å². The van der Waals surface area contributed by atoms with E-state index in [4.69, 9.17) is 0 Å². The quantitative estimate of drug-likeness (QED) is 0.565. The molecule has 1 aromatic carbocycles. The summed E-state index contributed by atoms with van der Waals surface area (Å²) in [6, 6.07) is 12.9. The largest absolute Gasteiger partial charge is 0.354 e. The van der Waals surface area contributed by atoms with Crippen molar-refractivity contribution in [2.45, 2.75) is 50.6 Å².